The molecule has 1 fully saturated rings. The molecule has 2 rings (SSSR count). The Balaban J connectivity index is 2.17. The molecule has 1 aromatic rings. The van der Waals surface area contributed by atoms with Crippen molar-refractivity contribution < 1.29 is 13.2 Å². The highest BCUT2D eigenvalue weighted by Crippen LogP contribution is 2.38. The summed E-state index contributed by atoms with van der Waals surface area (Å²) in [4.78, 5) is 0. The predicted octanol–water partition coefficient (Wildman–Crippen LogP) is 4.94. The van der Waals surface area contributed by atoms with E-state index in [9.17, 15) is 13.2 Å². The average Bonchev–Trinajstić information content (AvgIpc) is 2.45. The number of nitrogens with two attached hydrogens (primary N) is 1. The quantitative estimate of drug-likeness (QED) is 0.586. The first kappa shape index (κ1) is 16.8. The Morgan fingerprint density at radius 1 is 1.24 bits per heavy atom. The van der Waals surface area contributed by atoms with Crippen molar-refractivity contribution in [3.63, 3.8) is 0 Å². The molecule has 0 bridgehead atoms. The first-order valence-electron chi connectivity index (χ1n) is 7.24. The fraction of sp³-hybridized carbons (Fsp3) is 0.600. The Morgan fingerprint density at radius 3 is 2.48 bits per heavy atom. The summed E-state index contributed by atoms with van der Waals surface area (Å²) in [5, 5.41) is 0. The van der Waals surface area contributed by atoms with Crippen molar-refractivity contribution in [3.8, 4) is 0 Å². The van der Waals surface area contributed by atoms with Crippen LogP contribution in [0.4, 0.5) is 13.2 Å². The van der Waals surface area contributed by atoms with E-state index in [1.807, 2.05) is 0 Å². The summed E-state index contributed by atoms with van der Waals surface area (Å²) in [5.74, 6) is 6.12. The zero-order valence-electron chi connectivity index (χ0n) is 11.7. The van der Waals surface area contributed by atoms with Crippen LogP contribution < -0.4 is 11.3 Å². The molecule has 1 aliphatic rings. The molecule has 0 amide bonds. The normalized spacial score (nSPS) is 18.7. The molecule has 2 nitrogen and oxygen atoms in total. The third kappa shape index (κ3) is 4.44. The molecule has 1 saturated carbocycles. The molecule has 1 atom stereocenters. The van der Waals surface area contributed by atoms with E-state index >= 15 is 0 Å². The number of hydrazine groups is 1. The fourth-order valence-corrected chi connectivity index (χ4v) is 3.50. The molecule has 1 aliphatic carbocycles. The maximum atomic E-state index is 13.0. The molecule has 0 heterocycles. The number of rotatable bonds is 4. The van der Waals surface area contributed by atoms with Gasteiger partial charge in [-0.25, -0.2) is 0 Å². The van der Waals surface area contributed by atoms with E-state index in [4.69, 9.17) is 5.84 Å². The first-order valence-corrected chi connectivity index (χ1v) is 8.04. The zero-order valence-corrected chi connectivity index (χ0v) is 13.3. The van der Waals surface area contributed by atoms with Crippen LogP contribution in [0.2, 0.25) is 0 Å². The molecule has 6 heteroatoms. The molecule has 118 valence electrons. The Kier molecular flexibility index (Phi) is 5.68. The SMILES string of the molecule is NNC(CC1CCCCC1)c1ccc(Br)c(C(F)(F)F)c1. The molecule has 1 unspecified atom stereocenters. The third-order valence-electron chi connectivity index (χ3n) is 4.19. The summed E-state index contributed by atoms with van der Waals surface area (Å²) < 4.78 is 39.0. The monoisotopic (exact) mass is 364 g/mol. The second-order valence-electron chi connectivity index (χ2n) is 5.70. The number of nitrogens with one attached hydrogen (secondary N) is 1. The lowest BCUT2D eigenvalue weighted by Gasteiger charge is -2.27. The Bertz CT molecular complexity index is 470. The molecular formula is C15H20BrF3N2. The molecule has 0 radical (unpaired) electrons. The smallest absolute Gasteiger partial charge is 0.271 e. The minimum atomic E-state index is -4.36. The van der Waals surface area contributed by atoms with E-state index in [-0.39, 0.29) is 10.5 Å². The van der Waals surface area contributed by atoms with Gasteiger partial charge < -0.3 is 0 Å². The van der Waals surface area contributed by atoms with Gasteiger partial charge >= 0.3 is 6.18 Å². The molecule has 3 N–H and O–H groups in total. The van der Waals surface area contributed by atoms with Gasteiger partial charge in [-0.15, -0.1) is 0 Å². The summed E-state index contributed by atoms with van der Waals surface area (Å²) in [6, 6.07) is 4.11. The van der Waals surface area contributed by atoms with Crippen LogP contribution in [0, 0.1) is 5.92 Å². The van der Waals surface area contributed by atoms with Gasteiger partial charge in [0.15, 0.2) is 0 Å². The van der Waals surface area contributed by atoms with E-state index < -0.39 is 11.7 Å². The maximum Gasteiger partial charge on any atom is 0.417 e. The number of hydrogen-bond donors (Lipinski definition) is 2. The van der Waals surface area contributed by atoms with Crippen molar-refractivity contribution in [2.75, 3.05) is 0 Å². The molecule has 0 spiro atoms. The van der Waals surface area contributed by atoms with Crippen LogP contribution in [-0.2, 0) is 6.18 Å². The number of alkyl halides is 3. The minimum absolute atomic E-state index is 0.0622. The zero-order chi connectivity index (χ0) is 15.5. The topological polar surface area (TPSA) is 38.0 Å². The summed E-state index contributed by atoms with van der Waals surface area (Å²) >= 11 is 2.96. The summed E-state index contributed by atoms with van der Waals surface area (Å²) in [6.07, 6.45) is 2.37. The summed E-state index contributed by atoms with van der Waals surface area (Å²) in [7, 11) is 0. The molecule has 0 aliphatic heterocycles. The fourth-order valence-electron chi connectivity index (χ4n) is 3.03. The van der Waals surface area contributed by atoms with Crippen molar-refractivity contribution in [2.24, 2.45) is 11.8 Å². The van der Waals surface area contributed by atoms with Gasteiger partial charge in [0.2, 0.25) is 0 Å². The molecule has 0 aromatic heterocycles. The lowest BCUT2D eigenvalue weighted by atomic mass is 9.83. The number of halogens is 4. The van der Waals surface area contributed by atoms with Crippen LogP contribution in [0.1, 0.15) is 55.7 Å². The van der Waals surface area contributed by atoms with E-state index in [0.717, 1.165) is 19.3 Å². The van der Waals surface area contributed by atoms with Gasteiger partial charge in [0.05, 0.1) is 5.56 Å². The predicted molar refractivity (Wildman–Crippen MR) is 80.4 cm³/mol. The van der Waals surface area contributed by atoms with Gasteiger partial charge in [-0.3, -0.25) is 11.3 Å². The van der Waals surface area contributed by atoms with Crippen LogP contribution in [0.25, 0.3) is 0 Å². The van der Waals surface area contributed by atoms with Crippen molar-refractivity contribution in [3.05, 3.63) is 33.8 Å². The van der Waals surface area contributed by atoms with E-state index in [1.54, 1.807) is 6.07 Å². The van der Waals surface area contributed by atoms with Gasteiger partial charge in [0.1, 0.15) is 0 Å². The van der Waals surface area contributed by atoms with Crippen molar-refractivity contribution in [2.45, 2.75) is 50.7 Å². The van der Waals surface area contributed by atoms with Crippen LogP contribution in [0.15, 0.2) is 22.7 Å². The molecule has 0 saturated heterocycles. The van der Waals surface area contributed by atoms with Crippen molar-refractivity contribution in [1.82, 2.24) is 5.43 Å². The van der Waals surface area contributed by atoms with E-state index in [0.29, 0.717) is 11.5 Å². The van der Waals surface area contributed by atoms with Crippen LogP contribution in [0.3, 0.4) is 0 Å². The first-order chi connectivity index (χ1) is 9.91. The van der Waals surface area contributed by atoms with Gasteiger partial charge in [-0.1, -0.05) is 54.1 Å². The second-order valence-corrected chi connectivity index (χ2v) is 6.55. The van der Waals surface area contributed by atoms with Crippen molar-refractivity contribution >= 4 is 15.9 Å². The Morgan fingerprint density at radius 2 is 1.90 bits per heavy atom. The Labute approximate surface area is 131 Å². The Hall–Kier alpha value is -0.590. The summed E-state index contributed by atoms with van der Waals surface area (Å²) in [5.41, 5.74) is 2.63. The number of benzene rings is 1. The highest BCUT2D eigenvalue weighted by molar-refractivity contribution is 9.10. The second kappa shape index (κ2) is 7.11. The van der Waals surface area contributed by atoms with Crippen LogP contribution in [-0.4, -0.2) is 0 Å². The highest BCUT2D eigenvalue weighted by atomic mass is 79.9. The lowest BCUT2D eigenvalue weighted by molar-refractivity contribution is -0.138. The van der Waals surface area contributed by atoms with Gasteiger partial charge in [-0.05, 0) is 30.0 Å². The highest BCUT2D eigenvalue weighted by Gasteiger charge is 2.33. The standard InChI is InChI=1S/C15H20BrF3N2/c16-13-7-6-11(9-12(13)15(17,18)19)14(21-20)8-10-4-2-1-3-5-10/h6-7,9-10,14,21H,1-5,8,20H2. The molecular weight excluding hydrogens is 345 g/mol. The minimum Gasteiger partial charge on any atom is -0.271 e. The van der Waals surface area contributed by atoms with Gasteiger partial charge in [-0.2, -0.15) is 13.2 Å². The van der Waals surface area contributed by atoms with Crippen LogP contribution >= 0.6 is 15.9 Å². The molecule has 1 aromatic carbocycles. The number of hydrogen-bond acceptors (Lipinski definition) is 2. The molecule has 21 heavy (non-hydrogen) atoms. The van der Waals surface area contributed by atoms with Gasteiger partial charge in [0.25, 0.3) is 0 Å². The van der Waals surface area contributed by atoms with Crippen molar-refractivity contribution in [1.29, 1.82) is 0 Å². The lowest BCUT2D eigenvalue weighted by Crippen LogP contribution is -2.30. The van der Waals surface area contributed by atoms with Gasteiger partial charge in [0, 0.05) is 10.5 Å². The average molecular weight is 365 g/mol. The summed E-state index contributed by atoms with van der Waals surface area (Å²) in [6.45, 7) is 0. The third-order valence-corrected chi connectivity index (χ3v) is 4.88. The maximum absolute atomic E-state index is 13.0. The largest absolute Gasteiger partial charge is 0.417 e. The van der Waals surface area contributed by atoms with E-state index in [1.165, 1.54) is 31.4 Å². The van der Waals surface area contributed by atoms with E-state index in [2.05, 4.69) is 21.4 Å². The van der Waals surface area contributed by atoms with Crippen LogP contribution in [0.5, 0.6) is 0 Å².